The Labute approximate surface area is 274 Å². The number of esters is 1. The molecule has 10 heteroatoms. The van der Waals surface area contributed by atoms with Crippen molar-refractivity contribution in [2.45, 2.75) is 84.3 Å². The van der Waals surface area contributed by atoms with E-state index in [0.717, 1.165) is 16.8 Å². The molecule has 0 saturated carbocycles. The van der Waals surface area contributed by atoms with Crippen molar-refractivity contribution in [3.63, 3.8) is 0 Å². The number of benzene rings is 2. The summed E-state index contributed by atoms with van der Waals surface area (Å²) in [5.41, 5.74) is 2.72. The molecule has 1 amide bonds. The molecule has 0 fully saturated rings. The van der Waals surface area contributed by atoms with Gasteiger partial charge in [-0.15, -0.1) is 0 Å². The van der Waals surface area contributed by atoms with Crippen LogP contribution in [0.25, 0.3) is 11.3 Å². The second kappa shape index (κ2) is 14.8. The maximum Gasteiger partial charge on any atom is 0.410 e. The van der Waals surface area contributed by atoms with E-state index >= 15 is 0 Å². The number of nitrogens with zero attached hydrogens (tertiary/aromatic N) is 2. The maximum atomic E-state index is 13.7. The van der Waals surface area contributed by atoms with Crippen molar-refractivity contribution in [1.29, 1.82) is 0 Å². The van der Waals surface area contributed by atoms with Crippen molar-refractivity contribution in [2.75, 3.05) is 25.5 Å². The summed E-state index contributed by atoms with van der Waals surface area (Å²) in [6.07, 6.45) is 0.807. The van der Waals surface area contributed by atoms with Crippen molar-refractivity contribution in [1.82, 2.24) is 9.88 Å². The van der Waals surface area contributed by atoms with E-state index in [0.29, 0.717) is 22.8 Å². The van der Waals surface area contributed by atoms with Gasteiger partial charge in [-0.2, -0.15) is 0 Å². The average Bonchev–Trinajstić information content (AvgIpc) is 2.96. The third-order valence-electron chi connectivity index (χ3n) is 7.94. The number of carbonyl (C=O) groups is 2. The molecule has 2 atom stereocenters. The van der Waals surface area contributed by atoms with Gasteiger partial charge in [0.2, 0.25) is 0 Å². The van der Waals surface area contributed by atoms with E-state index < -0.39 is 32.1 Å². The van der Waals surface area contributed by atoms with E-state index in [1.54, 1.807) is 23.2 Å². The highest BCUT2D eigenvalue weighted by molar-refractivity contribution is 6.74. The molecule has 0 spiro atoms. The van der Waals surface area contributed by atoms with Crippen LogP contribution in [0.15, 0.2) is 66.9 Å². The predicted octanol–water partition coefficient (Wildman–Crippen LogP) is 8.99. The Morgan fingerprint density at radius 2 is 1.69 bits per heavy atom. The molecule has 0 aliphatic heterocycles. The van der Waals surface area contributed by atoms with E-state index in [2.05, 4.69) is 44.2 Å². The number of anilines is 1. The first-order valence-electron chi connectivity index (χ1n) is 15.2. The maximum absolute atomic E-state index is 13.7. The number of halogens is 1. The van der Waals surface area contributed by atoms with Crippen LogP contribution in [-0.4, -0.2) is 62.1 Å². The van der Waals surface area contributed by atoms with Crippen LogP contribution in [0.3, 0.4) is 0 Å². The lowest BCUT2D eigenvalue weighted by atomic mass is 10.1. The monoisotopic (exact) mass is 653 g/mol. The SMILES string of the molecule is COC(=O)c1cccnc1-c1cccc(NC[C@@H](C)N(C[C@H](O[Si](C)(C)C(C)(C)C)c2cccc(Cl)c2)C(=O)OC(C)(C)C)c1. The van der Waals surface area contributed by atoms with Crippen LogP contribution in [-0.2, 0) is 13.9 Å². The van der Waals surface area contributed by atoms with Crippen LogP contribution < -0.4 is 5.32 Å². The van der Waals surface area contributed by atoms with Gasteiger partial charge in [0.05, 0.1) is 31.0 Å². The Balaban J connectivity index is 1.92. The van der Waals surface area contributed by atoms with Crippen molar-refractivity contribution in [3.05, 3.63) is 83.0 Å². The largest absolute Gasteiger partial charge is 0.465 e. The van der Waals surface area contributed by atoms with Gasteiger partial charge in [0.1, 0.15) is 5.60 Å². The second-order valence-electron chi connectivity index (χ2n) is 13.8. The highest BCUT2D eigenvalue weighted by Crippen LogP contribution is 2.40. The fourth-order valence-electron chi connectivity index (χ4n) is 4.45. The lowest BCUT2D eigenvalue weighted by Crippen LogP contribution is -2.49. The van der Waals surface area contributed by atoms with Gasteiger partial charge in [0.15, 0.2) is 8.32 Å². The van der Waals surface area contributed by atoms with Gasteiger partial charge in [0.25, 0.3) is 0 Å². The van der Waals surface area contributed by atoms with Crippen LogP contribution >= 0.6 is 11.6 Å². The van der Waals surface area contributed by atoms with Crippen LogP contribution in [0.5, 0.6) is 0 Å². The zero-order valence-electron chi connectivity index (χ0n) is 28.2. The number of pyridine rings is 1. The summed E-state index contributed by atoms with van der Waals surface area (Å²) in [7, 11) is -0.903. The van der Waals surface area contributed by atoms with Gasteiger partial charge >= 0.3 is 12.1 Å². The van der Waals surface area contributed by atoms with E-state index in [9.17, 15) is 9.59 Å². The summed E-state index contributed by atoms with van der Waals surface area (Å²) in [6, 6.07) is 18.4. The zero-order valence-corrected chi connectivity index (χ0v) is 30.0. The van der Waals surface area contributed by atoms with Gasteiger partial charge in [0, 0.05) is 35.1 Å². The first-order valence-corrected chi connectivity index (χ1v) is 18.5. The molecule has 1 heterocycles. The number of amides is 1. The Kier molecular flexibility index (Phi) is 11.9. The highest BCUT2D eigenvalue weighted by Gasteiger charge is 2.41. The van der Waals surface area contributed by atoms with Crippen molar-refractivity contribution in [3.8, 4) is 11.3 Å². The van der Waals surface area contributed by atoms with Crippen LogP contribution in [0.2, 0.25) is 23.2 Å². The smallest absolute Gasteiger partial charge is 0.410 e. The molecule has 3 aromatic rings. The number of ether oxygens (including phenoxy) is 2. The number of aromatic nitrogens is 1. The van der Waals surface area contributed by atoms with Crippen molar-refractivity contribution in [2.24, 2.45) is 0 Å². The number of nitrogens with one attached hydrogen (secondary N) is 1. The number of rotatable bonds is 11. The predicted molar refractivity (Wildman–Crippen MR) is 184 cm³/mol. The van der Waals surface area contributed by atoms with Crippen LogP contribution in [0.4, 0.5) is 10.5 Å². The van der Waals surface area contributed by atoms with E-state index in [-0.39, 0.29) is 17.6 Å². The van der Waals surface area contributed by atoms with Crippen molar-refractivity contribution >= 4 is 37.7 Å². The van der Waals surface area contributed by atoms with Gasteiger partial charge < -0.3 is 24.1 Å². The van der Waals surface area contributed by atoms with Gasteiger partial charge in [-0.3, -0.25) is 4.98 Å². The summed E-state index contributed by atoms with van der Waals surface area (Å²) in [5.74, 6) is -0.452. The fraction of sp³-hybridized carbons (Fsp3) is 0.457. The minimum absolute atomic E-state index is 0.0416. The van der Waals surface area contributed by atoms with E-state index in [1.807, 2.05) is 76.2 Å². The minimum Gasteiger partial charge on any atom is -0.465 e. The molecule has 2 aromatic carbocycles. The van der Waals surface area contributed by atoms with E-state index in [1.165, 1.54) is 7.11 Å². The summed E-state index contributed by atoms with van der Waals surface area (Å²) in [4.78, 5) is 32.3. The molecular formula is C35H48ClN3O5Si. The lowest BCUT2D eigenvalue weighted by molar-refractivity contribution is 0.00798. The fourth-order valence-corrected chi connectivity index (χ4v) is 5.92. The number of carbonyl (C=O) groups excluding carboxylic acids is 2. The average molecular weight is 654 g/mol. The summed E-state index contributed by atoms with van der Waals surface area (Å²) in [5, 5.41) is 4.03. The van der Waals surface area contributed by atoms with Gasteiger partial charge in [-0.25, -0.2) is 9.59 Å². The quantitative estimate of drug-likeness (QED) is 0.163. The molecule has 1 aromatic heterocycles. The second-order valence-corrected chi connectivity index (χ2v) is 18.9. The Morgan fingerprint density at radius 1 is 1.00 bits per heavy atom. The molecule has 1 N–H and O–H groups in total. The minimum atomic E-state index is -2.25. The Hall–Kier alpha value is -3.40. The van der Waals surface area contributed by atoms with Gasteiger partial charge in [-0.05, 0) is 87.8 Å². The molecular weight excluding hydrogens is 606 g/mol. The van der Waals surface area contributed by atoms with Crippen molar-refractivity contribution < 1.29 is 23.5 Å². The molecule has 0 unspecified atom stereocenters. The molecule has 0 radical (unpaired) electrons. The Bertz CT molecular complexity index is 1470. The molecule has 45 heavy (non-hydrogen) atoms. The number of hydrogen-bond donors (Lipinski definition) is 1. The molecule has 0 aliphatic carbocycles. The summed E-state index contributed by atoms with van der Waals surface area (Å²) >= 11 is 6.42. The molecule has 8 nitrogen and oxygen atoms in total. The normalized spacial score (nSPS) is 13.5. The molecule has 0 saturated heterocycles. The Morgan fingerprint density at radius 3 is 2.31 bits per heavy atom. The molecule has 0 bridgehead atoms. The highest BCUT2D eigenvalue weighted by atomic mass is 35.5. The first kappa shape index (κ1) is 36.1. The third kappa shape index (κ3) is 10.0. The third-order valence-corrected chi connectivity index (χ3v) is 12.7. The molecule has 244 valence electrons. The summed E-state index contributed by atoms with van der Waals surface area (Å²) in [6.45, 7) is 19.3. The van der Waals surface area contributed by atoms with Crippen LogP contribution in [0.1, 0.15) is 70.5 Å². The molecule has 3 rings (SSSR count). The number of hydrogen-bond acceptors (Lipinski definition) is 7. The topological polar surface area (TPSA) is 90.0 Å². The first-order chi connectivity index (χ1) is 20.9. The van der Waals surface area contributed by atoms with Crippen LogP contribution in [0, 0.1) is 0 Å². The zero-order chi connectivity index (χ0) is 33.6. The van der Waals surface area contributed by atoms with E-state index in [4.69, 9.17) is 25.5 Å². The molecule has 0 aliphatic rings. The lowest BCUT2D eigenvalue weighted by Gasteiger charge is -2.41. The summed E-state index contributed by atoms with van der Waals surface area (Å²) < 4.78 is 17.8. The standard InChI is InChI=1S/C35H48ClN3O5Si/c1-24(22-38-28-17-12-15-26(21-28)31-29(32(40)42-8)18-13-19-37-31)39(33(41)43-34(2,3)4)23-30(25-14-11-16-27(36)20-25)44-45(9,10)35(5,6)7/h11-21,24,30,38H,22-23H2,1-10H3/t24-,30+/m1/s1. The number of methoxy groups -OCH3 is 1. The van der Waals surface area contributed by atoms with Gasteiger partial charge in [-0.1, -0.05) is 56.6 Å².